The Hall–Kier alpha value is -3.07. The third-order valence-corrected chi connectivity index (χ3v) is 5.10. The molecule has 0 spiro atoms. The number of para-hydroxylation sites is 1. The van der Waals surface area contributed by atoms with Crippen molar-refractivity contribution in [1.29, 1.82) is 0 Å². The zero-order valence-corrected chi connectivity index (χ0v) is 17.2. The first-order chi connectivity index (χ1) is 14.1. The number of carbonyl (C=O) groups is 2. The minimum absolute atomic E-state index is 0.120. The SMILES string of the molecule is CCOC(=O)CNC(=O)CSc1nnc(Cc2cccn2C)n1-c1ccccc1. The molecule has 0 bridgehead atoms. The van der Waals surface area contributed by atoms with E-state index in [-0.39, 0.29) is 24.8 Å². The molecule has 0 aliphatic rings. The van der Waals surface area contributed by atoms with E-state index in [1.54, 1.807) is 6.92 Å². The van der Waals surface area contributed by atoms with Gasteiger partial charge in [0.1, 0.15) is 12.4 Å². The Kier molecular flexibility index (Phi) is 7.07. The molecule has 9 heteroatoms. The first-order valence-corrected chi connectivity index (χ1v) is 10.2. The molecule has 0 aliphatic heterocycles. The molecule has 1 N–H and O–H groups in total. The summed E-state index contributed by atoms with van der Waals surface area (Å²) in [6.45, 7) is 1.86. The van der Waals surface area contributed by atoms with Gasteiger partial charge in [-0.3, -0.25) is 14.2 Å². The molecule has 1 aromatic carbocycles. The number of nitrogens with one attached hydrogen (secondary N) is 1. The van der Waals surface area contributed by atoms with E-state index in [2.05, 4.69) is 15.5 Å². The minimum atomic E-state index is -0.455. The number of nitrogens with zero attached hydrogens (tertiary/aromatic N) is 4. The van der Waals surface area contributed by atoms with Gasteiger partial charge in [-0.2, -0.15) is 0 Å². The summed E-state index contributed by atoms with van der Waals surface area (Å²) in [7, 11) is 1.99. The van der Waals surface area contributed by atoms with Crippen molar-refractivity contribution in [2.45, 2.75) is 18.5 Å². The lowest BCUT2D eigenvalue weighted by molar-refractivity contribution is -0.143. The van der Waals surface area contributed by atoms with Crippen LogP contribution >= 0.6 is 11.8 Å². The quantitative estimate of drug-likeness (QED) is 0.426. The molecular weight excluding hydrogens is 390 g/mol. The van der Waals surface area contributed by atoms with Crippen LogP contribution in [0.1, 0.15) is 18.4 Å². The molecular formula is C20H23N5O3S. The van der Waals surface area contributed by atoms with Crippen molar-refractivity contribution in [2.24, 2.45) is 7.05 Å². The largest absolute Gasteiger partial charge is 0.465 e. The molecule has 0 saturated heterocycles. The third-order valence-electron chi connectivity index (χ3n) is 4.17. The monoisotopic (exact) mass is 413 g/mol. The van der Waals surface area contributed by atoms with Gasteiger partial charge in [-0.1, -0.05) is 30.0 Å². The molecule has 0 atom stereocenters. The number of rotatable bonds is 9. The summed E-state index contributed by atoms with van der Waals surface area (Å²) in [5.74, 6) is 0.180. The summed E-state index contributed by atoms with van der Waals surface area (Å²) in [5, 5.41) is 11.8. The van der Waals surface area contributed by atoms with E-state index in [4.69, 9.17) is 4.74 Å². The number of carbonyl (C=O) groups excluding carboxylic acids is 2. The second kappa shape index (κ2) is 9.92. The first kappa shape index (κ1) is 20.7. The number of hydrogen-bond acceptors (Lipinski definition) is 6. The number of hydrogen-bond donors (Lipinski definition) is 1. The minimum Gasteiger partial charge on any atom is -0.465 e. The van der Waals surface area contributed by atoms with Crippen LogP contribution in [0.5, 0.6) is 0 Å². The van der Waals surface area contributed by atoms with E-state index in [0.29, 0.717) is 11.6 Å². The van der Waals surface area contributed by atoms with Crippen LogP contribution in [0.3, 0.4) is 0 Å². The normalized spacial score (nSPS) is 10.7. The topological polar surface area (TPSA) is 91.0 Å². The van der Waals surface area contributed by atoms with Gasteiger partial charge in [0.2, 0.25) is 5.91 Å². The number of ether oxygens (including phenoxy) is 1. The molecule has 0 aliphatic carbocycles. The van der Waals surface area contributed by atoms with E-state index < -0.39 is 5.97 Å². The van der Waals surface area contributed by atoms with Crippen molar-refractivity contribution in [2.75, 3.05) is 18.9 Å². The average Bonchev–Trinajstić information content (AvgIpc) is 3.32. The highest BCUT2D eigenvalue weighted by Gasteiger charge is 2.17. The maximum absolute atomic E-state index is 12.1. The van der Waals surface area contributed by atoms with E-state index >= 15 is 0 Å². The van der Waals surface area contributed by atoms with Crippen molar-refractivity contribution in [3.8, 4) is 5.69 Å². The summed E-state index contributed by atoms with van der Waals surface area (Å²) in [5.41, 5.74) is 2.04. The molecule has 3 rings (SSSR count). The smallest absolute Gasteiger partial charge is 0.325 e. The van der Waals surface area contributed by atoms with Crippen LogP contribution < -0.4 is 5.32 Å². The standard InChI is InChI=1S/C20H23N5O3S/c1-3-28-19(27)13-21-18(26)14-29-20-23-22-17(12-16-10-7-11-24(16)2)25(20)15-8-5-4-6-9-15/h4-11H,3,12-14H2,1-2H3,(H,21,26). The van der Waals surface area contributed by atoms with E-state index in [0.717, 1.165) is 17.2 Å². The Balaban J connectivity index is 1.74. The summed E-state index contributed by atoms with van der Waals surface area (Å²) < 4.78 is 8.80. The van der Waals surface area contributed by atoms with Gasteiger partial charge in [-0.25, -0.2) is 0 Å². The van der Waals surface area contributed by atoms with Crippen LogP contribution in [0.2, 0.25) is 0 Å². The van der Waals surface area contributed by atoms with Crippen molar-refractivity contribution in [3.05, 3.63) is 60.2 Å². The third kappa shape index (κ3) is 5.47. The lowest BCUT2D eigenvalue weighted by Gasteiger charge is -2.11. The maximum atomic E-state index is 12.1. The maximum Gasteiger partial charge on any atom is 0.325 e. The molecule has 29 heavy (non-hydrogen) atoms. The van der Waals surface area contributed by atoms with Crippen LogP contribution in [0.25, 0.3) is 5.69 Å². The summed E-state index contributed by atoms with van der Waals surface area (Å²) in [6, 6.07) is 13.8. The van der Waals surface area contributed by atoms with E-state index in [9.17, 15) is 9.59 Å². The van der Waals surface area contributed by atoms with Gasteiger partial charge in [-0.05, 0) is 31.2 Å². The summed E-state index contributed by atoms with van der Waals surface area (Å²) in [4.78, 5) is 23.5. The number of aryl methyl sites for hydroxylation is 1. The molecule has 3 aromatic rings. The first-order valence-electron chi connectivity index (χ1n) is 9.23. The van der Waals surface area contributed by atoms with Crippen LogP contribution in [-0.2, 0) is 27.8 Å². The second-order valence-corrected chi connectivity index (χ2v) is 7.17. The highest BCUT2D eigenvalue weighted by molar-refractivity contribution is 7.99. The van der Waals surface area contributed by atoms with Crippen LogP contribution in [0.15, 0.2) is 53.8 Å². The van der Waals surface area contributed by atoms with Gasteiger partial charge in [0.25, 0.3) is 0 Å². The van der Waals surface area contributed by atoms with Gasteiger partial charge in [0.15, 0.2) is 5.16 Å². The van der Waals surface area contributed by atoms with Crippen molar-refractivity contribution < 1.29 is 14.3 Å². The summed E-state index contributed by atoms with van der Waals surface area (Å²) in [6.07, 6.45) is 2.60. The van der Waals surface area contributed by atoms with Gasteiger partial charge < -0.3 is 14.6 Å². The molecule has 1 amide bonds. The Morgan fingerprint density at radius 3 is 2.62 bits per heavy atom. The lowest BCUT2D eigenvalue weighted by atomic mass is 10.2. The number of esters is 1. The number of aromatic nitrogens is 4. The fourth-order valence-corrected chi connectivity index (χ4v) is 3.55. The Labute approximate surface area is 173 Å². The van der Waals surface area contributed by atoms with Crippen molar-refractivity contribution >= 4 is 23.6 Å². The second-order valence-electron chi connectivity index (χ2n) is 6.23. The Morgan fingerprint density at radius 1 is 1.14 bits per heavy atom. The molecule has 0 radical (unpaired) electrons. The Morgan fingerprint density at radius 2 is 1.93 bits per heavy atom. The Bertz CT molecular complexity index is 968. The van der Waals surface area contributed by atoms with Crippen LogP contribution in [0.4, 0.5) is 0 Å². The molecule has 2 heterocycles. The van der Waals surface area contributed by atoms with Gasteiger partial charge in [0, 0.05) is 31.0 Å². The number of benzene rings is 1. The van der Waals surface area contributed by atoms with Crippen LogP contribution in [0, 0.1) is 0 Å². The molecule has 0 saturated carbocycles. The zero-order chi connectivity index (χ0) is 20.6. The number of thioether (sulfide) groups is 1. The highest BCUT2D eigenvalue weighted by Crippen LogP contribution is 2.23. The van der Waals surface area contributed by atoms with Crippen molar-refractivity contribution in [1.82, 2.24) is 24.6 Å². The molecule has 0 unspecified atom stereocenters. The van der Waals surface area contributed by atoms with Gasteiger partial charge in [0.05, 0.1) is 12.4 Å². The molecule has 152 valence electrons. The summed E-state index contributed by atoms with van der Waals surface area (Å²) >= 11 is 1.27. The predicted octanol–water partition coefficient (Wildman–Crippen LogP) is 1.97. The highest BCUT2D eigenvalue weighted by atomic mass is 32.2. The van der Waals surface area contributed by atoms with Crippen molar-refractivity contribution in [3.63, 3.8) is 0 Å². The van der Waals surface area contributed by atoms with E-state index in [1.165, 1.54) is 11.8 Å². The fourth-order valence-electron chi connectivity index (χ4n) is 2.75. The fraction of sp³-hybridized carbons (Fsp3) is 0.300. The molecule has 8 nitrogen and oxygen atoms in total. The zero-order valence-electron chi connectivity index (χ0n) is 16.4. The number of amides is 1. The van der Waals surface area contributed by atoms with Gasteiger partial charge >= 0.3 is 5.97 Å². The molecule has 2 aromatic heterocycles. The van der Waals surface area contributed by atoms with Gasteiger partial charge in [-0.15, -0.1) is 10.2 Å². The van der Waals surface area contributed by atoms with Crippen LogP contribution in [-0.4, -0.2) is 50.1 Å². The molecule has 0 fully saturated rings. The lowest BCUT2D eigenvalue weighted by Crippen LogP contribution is -2.31. The van der Waals surface area contributed by atoms with E-state index in [1.807, 2.05) is 64.8 Å². The predicted molar refractivity (Wildman–Crippen MR) is 110 cm³/mol. The average molecular weight is 414 g/mol.